The molecule has 0 radical (unpaired) electrons. The lowest BCUT2D eigenvalue weighted by molar-refractivity contribution is 0.140. The van der Waals surface area contributed by atoms with E-state index in [1.54, 1.807) is 0 Å². The normalized spacial score (nSPS) is 40.1. The van der Waals surface area contributed by atoms with Crippen LogP contribution < -0.4 is 10.6 Å². The molecule has 0 aromatic carbocycles. The van der Waals surface area contributed by atoms with Crippen molar-refractivity contribution in [2.45, 2.75) is 12.5 Å². The minimum absolute atomic E-state index is 0.745. The zero-order valence-corrected chi connectivity index (χ0v) is 7.14. The van der Waals surface area contributed by atoms with Gasteiger partial charge in [-0.1, -0.05) is 0 Å². The van der Waals surface area contributed by atoms with Crippen molar-refractivity contribution < 1.29 is 0 Å². The second kappa shape index (κ2) is 3.09. The first-order chi connectivity index (χ1) is 5.36. The van der Waals surface area contributed by atoms with Crippen LogP contribution >= 0.6 is 0 Å². The Labute approximate surface area is 68.1 Å². The lowest BCUT2D eigenvalue weighted by atomic mass is 9.91. The number of likely N-dealkylation sites (N-methyl/N-ethyl adjacent to an activating group) is 1. The molecule has 0 bridgehead atoms. The summed E-state index contributed by atoms with van der Waals surface area (Å²) < 4.78 is 0. The summed E-state index contributed by atoms with van der Waals surface area (Å²) in [5.41, 5.74) is 0. The van der Waals surface area contributed by atoms with Gasteiger partial charge in [0.1, 0.15) is 0 Å². The van der Waals surface area contributed by atoms with Crippen LogP contribution in [0, 0.1) is 5.92 Å². The first-order valence-corrected chi connectivity index (χ1v) is 4.49. The molecule has 2 fully saturated rings. The molecule has 0 aromatic heterocycles. The van der Waals surface area contributed by atoms with Gasteiger partial charge in [-0.3, -0.25) is 0 Å². The molecule has 11 heavy (non-hydrogen) atoms. The van der Waals surface area contributed by atoms with Gasteiger partial charge >= 0.3 is 0 Å². The predicted octanol–water partition coefficient (Wildman–Crippen LogP) is -0.543. The molecule has 2 aliphatic heterocycles. The second-order valence-corrected chi connectivity index (χ2v) is 3.75. The number of piperidine rings is 1. The van der Waals surface area contributed by atoms with E-state index < -0.39 is 0 Å². The van der Waals surface area contributed by atoms with E-state index in [4.69, 9.17) is 0 Å². The largest absolute Gasteiger partial charge is 0.305 e. The fourth-order valence-electron chi connectivity index (χ4n) is 2.10. The number of nitrogens with one attached hydrogen (secondary N) is 2. The van der Waals surface area contributed by atoms with Crippen molar-refractivity contribution in [2.75, 3.05) is 33.4 Å². The first kappa shape index (κ1) is 7.53. The number of nitrogens with zero attached hydrogens (tertiary/aromatic N) is 1. The fraction of sp³-hybridized carbons (Fsp3) is 1.00. The summed E-state index contributed by atoms with van der Waals surface area (Å²) in [5.74, 6) is 0.875. The molecular weight excluding hydrogens is 138 g/mol. The molecule has 2 saturated heterocycles. The predicted molar refractivity (Wildman–Crippen MR) is 45.4 cm³/mol. The van der Waals surface area contributed by atoms with Crippen molar-refractivity contribution >= 4 is 0 Å². The van der Waals surface area contributed by atoms with Gasteiger partial charge in [-0.2, -0.15) is 0 Å². The summed E-state index contributed by atoms with van der Waals surface area (Å²) in [4.78, 5) is 2.42. The molecule has 2 heterocycles. The quantitative estimate of drug-likeness (QED) is 0.492. The Kier molecular flexibility index (Phi) is 2.11. The zero-order chi connectivity index (χ0) is 7.68. The van der Waals surface area contributed by atoms with Crippen LogP contribution in [0.25, 0.3) is 0 Å². The molecule has 3 heteroatoms. The molecule has 2 N–H and O–H groups in total. The number of hydrogen-bond acceptors (Lipinski definition) is 3. The van der Waals surface area contributed by atoms with Crippen molar-refractivity contribution in [1.29, 1.82) is 0 Å². The standard InChI is InChI=1S/C8H17N3/c1-11-3-2-7-4-9-6-10-8(7)5-11/h7-10H,2-6H2,1H3/t7?,8-/m1/s1. The van der Waals surface area contributed by atoms with Gasteiger partial charge in [-0.15, -0.1) is 0 Å². The van der Waals surface area contributed by atoms with Crippen LogP contribution in [0.1, 0.15) is 6.42 Å². The van der Waals surface area contributed by atoms with Crippen LogP contribution in [-0.4, -0.2) is 44.3 Å². The summed E-state index contributed by atoms with van der Waals surface area (Å²) in [7, 11) is 2.21. The second-order valence-electron chi connectivity index (χ2n) is 3.75. The van der Waals surface area contributed by atoms with Crippen molar-refractivity contribution in [3.63, 3.8) is 0 Å². The third kappa shape index (κ3) is 1.55. The topological polar surface area (TPSA) is 27.3 Å². The number of rotatable bonds is 0. The maximum atomic E-state index is 3.50. The van der Waals surface area contributed by atoms with E-state index in [2.05, 4.69) is 22.6 Å². The van der Waals surface area contributed by atoms with Gasteiger partial charge in [0.15, 0.2) is 0 Å². The molecule has 0 saturated carbocycles. The van der Waals surface area contributed by atoms with E-state index in [9.17, 15) is 0 Å². The Morgan fingerprint density at radius 2 is 2.36 bits per heavy atom. The van der Waals surface area contributed by atoms with Crippen LogP contribution in [0.5, 0.6) is 0 Å². The maximum absolute atomic E-state index is 3.50. The highest BCUT2D eigenvalue weighted by atomic mass is 15.2. The van der Waals surface area contributed by atoms with Gasteiger partial charge in [0.25, 0.3) is 0 Å². The van der Waals surface area contributed by atoms with E-state index >= 15 is 0 Å². The molecule has 0 spiro atoms. The van der Waals surface area contributed by atoms with Crippen LogP contribution in [-0.2, 0) is 0 Å². The molecule has 0 aliphatic carbocycles. The lowest BCUT2D eigenvalue weighted by Crippen LogP contribution is -2.58. The third-order valence-corrected chi connectivity index (χ3v) is 2.85. The van der Waals surface area contributed by atoms with Crippen LogP contribution in [0.2, 0.25) is 0 Å². The van der Waals surface area contributed by atoms with Crippen molar-refractivity contribution in [3.05, 3.63) is 0 Å². The zero-order valence-electron chi connectivity index (χ0n) is 7.14. The average molecular weight is 155 g/mol. The van der Waals surface area contributed by atoms with E-state index in [0.717, 1.165) is 18.6 Å². The van der Waals surface area contributed by atoms with Gasteiger partial charge in [0.05, 0.1) is 0 Å². The van der Waals surface area contributed by atoms with Gasteiger partial charge in [-0.05, 0) is 25.9 Å². The van der Waals surface area contributed by atoms with Gasteiger partial charge < -0.3 is 15.5 Å². The van der Waals surface area contributed by atoms with E-state index in [0.29, 0.717) is 0 Å². The van der Waals surface area contributed by atoms with Crippen LogP contribution in [0.3, 0.4) is 0 Å². The Morgan fingerprint density at radius 1 is 1.45 bits per heavy atom. The highest BCUT2D eigenvalue weighted by Gasteiger charge is 2.28. The Balaban J connectivity index is 1.93. The molecule has 3 nitrogen and oxygen atoms in total. The molecular formula is C8H17N3. The Hall–Kier alpha value is -0.120. The van der Waals surface area contributed by atoms with E-state index in [-0.39, 0.29) is 0 Å². The van der Waals surface area contributed by atoms with Gasteiger partial charge in [0.2, 0.25) is 0 Å². The van der Waals surface area contributed by atoms with Crippen molar-refractivity contribution in [2.24, 2.45) is 5.92 Å². The molecule has 0 amide bonds. The van der Waals surface area contributed by atoms with Gasteiger partial charge in [-0.25, -0.2) is 0 Å². The Bertz CT molecular complexity index is 137. The molecule has 2 aliphatic rings. The van der Waals surface area contributed by atoms with Crippen molar-refractivity contribution in [3.8, 4) is 0 Å². The summed E-state index contributed by atoms with van der Waals surface area (Å²) in [6.45, 7) is 4.71. The van der Waals surface area contributed by atoms with Crippen LogP contribution in [0.15, 0.2) is 0 Å². The molecule has 2 atom stereocenters. The summed E-state index contributed by atoms with van der Waals surface area (Å²) in [5, 5.41) is 6.87. The minimum Gasteiger partial charge on any atom is -0.305 e. The average Bonchev–Trinajstić information content (AvgIpc) is 2.04. The van der Waals surface area contributed by atoms with E-state index in [1.807, 2.05) is 0 Å². The SMILES string of the molecule is CN1CCC2CNCN[C@@H]2C1. The van der Waals surface area contributed by atoms with Crippen molar-refractivity contribution in [1.82, 2.24) is 15.5 Å². The number of hydrogen-bond donors (Lipinski definition) is 2. The summed E-state index contributed by atoms with van der Waals surface area (Å²) >= 11 is 0. The maximum Gasteiger partial charge on any atom is 0.0457 e. The van der Waals surface area contributed by atoms with Crippen LogP contribution in [0.4, 0.5) is 0 Å². The number of fused-ring (bicyclic) bond motifs is 1. The minimum atomic E-state index is 0.745. The van der Waals surface area contributed by atoms with E-state index in [1.165, 1.54) is 26.1 Å². The number of likely N-dealkylation sites (tertiary alicyclic amines) is 1. The Morgan fingerprint density at radius 3 is 3.27 bits per heavy atom. The fourth-order valence-corrected chi connectivity index (χ4v) is 2.10. The molecule has 0 aromatic rings. The summed E-state index contributed by atoms with van der Waals surface area (Å²) in [6, 6.07) is 0.745. The molecule has 2 rings (SSSR count). The highest BCUT2D eigenvalue weighted by Crippen LogP contribution is 2.17. The summed E-state index contributed by atoms with van der Waals surface area (Å²) in [6.07, 6.45) is 1.35. The van der Waals surface area contributed by atoms with Gasteiger partial charge in [0, 0.05) is 25.8 Å². The third-order valence-electron chi connectivity index (χ3n) is 2.85. The monoisotopic (exact) mass is 155 g/mol. The first-order valence-electron chi connectivity index (χ1n) is 4.49. The molecule has 1 unspecified atom stereocenters. The lowest BCUT2D eigenvalue weighted by Gasteiger charge is -2.40. The highest BCUT2D eigenvalue weighted by molar-refractivity contribution is 4.87. The molecule has 64 valence electrons. The smallest absolute Gasteiger partial charge is 0.0457 e.